The number of hydrogen-bond donors (Lipinski definition) is 2. The minimum Gasteiger partial charge on any atom is -0.347 e. The highest BCUT2D eigenvalue weighted by Crippen LogP contribution is 2.05. The summed E-state index contributed by atoms with van der Waals surface area (Å²) in [6.45, 7) is 4.57. The molecule has 0 radical (unpaired) electrons. The fourth-order valence-corrected chi connectivity index (χ4v) is 2.00. The third kappa shape index (κ3) is 7.23. The van der Waals surface area contributed by atoms with E-state index in [0.29, 0.717) is 18.0 Å². The van der Waals surface area contributed by atoms with Gasteiger partial charge in [0.15, 0.2) is 0 Å². The standard InChI is InChI=1S/C17H26FN3O2/c1-12(2)15(19)7-8-21(3)17(23)11-20-16(22)10-13-5-4-6-14(18)9-13/h4-6,9,12,15H,7-8,10-11,19H2,1-3H3,(H,20,22). The Labute approximate surface area is 137 Å². The van der Waals surface area contributed by atoms with Crippen molar-refractivity contribution in [2.75, 3.05) is 20.1 Å². The Bertz CT molecular complexity index is 534. The van der Waals surface area contributed by atoms with E-state index in [2.05, 4.69) is 5.32 Å². The zero-order valence-corrected chi connectivity index (χ0v) is 14.0. The summed E-state index contributed by atoms with van der Waals surface area (Å²) in [5.41, 5.74) is 6.52. The SMILES string of the molecule is CC(C)C(N)CCN(C)C(=O)CNC(=O)Cc1cccc(F)c1. The molecule has 0 bridgehead atoms. The topological polar surface area (TPSA) is 75.4 Å². The van der Waals surface area contributed by atoms with Crippen molar-refractivity contribution >= 4 is 11.8 Å². The van der Waals surface area contributed by atoms with E-state index in [-0.39, 0.29) is 36.6 Å². The highest BCUT2D eigenvalue weighted by molar-refractivity contribution is 5.85. The van der Waals surface area contributed by atoms with Gasteiger partial charge in [-0.2, -0.15) is 0 Å². The lowest BCUT2D eigenvalue weighted by molar-refractivity contribution is -0.131. The van der Waals surface area contributed by atoms with Crippen molar-refractivity contribution in [2.24, 2.45) is 11.7 Å². The molecule has 0 aliphatic carbocycles. The van der Waals surface area contributed by atoms with Crippen LogP contribution in [0, 0.1) is 11.7 Å². The van der Waals surface area contributed by atoms with Gasteiger partial charge in [-0.15, -0.1) is 0 Å². The van der Waals surface area contributed by atoms with Crippen LogP contribution >= 0.6 is 0 Å². The second-order valence-electron chi connectivity index (χ2n) is 6.10. The van der Waals surface area contributed by atoms with Gasteiger partial charge in [0.05, 0.1) is 13.0 Å². The van der Waals surface area contributed by atoms with Crippen molar-refractivity contribution in [1.82, 2.24) is 10.2 Å². The average molecular weight is 323 g/mol. The van der Waals surface area contributed by atoms with Crippen LogP contribution in [-0.4, -0.2) is 42.9 Å². The Balaban J connectivity index is 2.33. The third-order valence-corrected chi connectivity index (χ3v) is 3.77. The van der Waals surface area contributed by atoms with E-state index in [1.165, 1.54) is 12.1 Å². The van der Waals surface area contributed by atoms with Gasteiger partial charge in [0.25, 0.3) is 0 Å². The summed E-state index contributed by atoms with van der Waals surface area (Å²) in [6.07, 6.45) is 0.768. The summed E-state index contributed by atoms with van der Waals surface area (Å²) in [6, 6.07) is 5.90. The Morgan fingerprint density at radius 2 is 2.04 bits per heavy atom. The van der Waals surface area contributed by atoms with Gasteiger partial charge in [-0.25, -0.2) is 4.39 Å². The van der Waals surface area contributed by atoms with E-state index >= 15 is 0 Å². The van der Waals surface area contributed by atoms with Crippen LogP contribution in [-0.2, 0) is 16.0 Å². The smallest absolute Gasteiger partial charge is 0.241 e. The Hall–Kier alpha value is -1.95. The summed E-state index contributed by atoms with van der Waals surface area (Å²) < 4.78 is 13.0. The largest absolute Gasteiger partial charge is 0.347 e. The van der Waals surface area contributed by atoms with Crippen LogP contribution < -0.4 is 11.1 Å². The molecule has 1 atom stereocenters. The van der Waals surface area contributed by atoms with E-state index in [0.717, 1.165) is 6.42 Å². The molecule has 5 nitrogen and oxygen atoms in total. The van der Waals surface area contributed by atoms with E-state index in [1.54, 1.807) is 24.1 Å². The summed E-state index contributed by atoms with van der Waals surface area (Å²) in [7, 11) is 1.69. The Morgan fingerprint density at radius 1 is 1.35 bits per heavy atom. The number of carbonyl (C=O) groups excluding carboxylic acids is 2. The zero-order valence-electron chi connectivity index (χ0n) is 14.0. The summed E-state index contributed by atoms with van der Waals surface area (Å²) in [4.78, 5) is 25.3. The molecule has 0 fully saturated rings. The second-order valence-corrected chi connectivity index (χ2v) is 6.10. The number of likely N-dealkylation sites (N-methyl/N-ethyl adjacent to an activating group) is 1. The monoisotopic (exact) mass is 323 g/mol. The van der Waals surface area contributed by atoms with E-state index in [9.17, 15) is 14.0 Å². The predicted octanol–water partition coefficient (Wildman–Crippen LogP) is 1.32. The van der Waals surface area contributed by atoms with Crippen LogP contribution in [0.1, 0.15) is 25.8 Å². The molecule has 23 heavy (non-hydrogen) atoms. The summed E-state index contributed by atoms with van der Waals surface area (Å²) in [5.74, 6) is -0.498. The van der Waals surface area contributed by atoms with Gasteiger partial charge in [-0.05, 0) is 30.0 Å². The van der Waals surface area contributed by atoms with Gasteiger partial charge in [0, 0.05) is 19.6 Å². The van der Waals surface area contributed by atoms with E-state index in [1.807, 2.05) is 13.8 Å². The normalized spacial score (nSPS) is 12.1. The zero-order chi connectivity index (χ0) is 17.4. The summed E-state index contributed by atoms with van der Waals surface area (Å²) in [5, 5.41) is 2.56. The Morgan fingerprint density at radius 3 is 2.65 bits per heavy atom. The second kappa shape index (κ2) is 9.25. The van der Waals surface area contributed by atoms with Crippen molar-refractivity contribution < 1.29 is 14.0 Å². The minimum atomic E-state index is -0.382. The first kappa shape index (κ1) is 19.1. The molecule has 0 saturated carbocycles. The fourth-order valence-electron chi connectivity index (χ4n) is 2.00. The lowest BCUT2D eigenvalue weighted by Crippen LogP contribution is -2.40. The molecular formula is C17H26FN3O2. The highest BCUT2D eigenvalue weighted by atomic mass is 19.1. The van der Waals surface area contributed by atoms with Gasteiger partial charge in [0.1, 0.15) is 5.82 Å². The van der Waals surface area contributed by atoms with Crippen LogP contribution in [0.15, 0.2) is 24.3 Å². The molecule has 0 aromatic heterocycles. The quantitative estimate of drug-likeness (QED) is 0.757. The maximum absolute atomic E-state index is 13.0. The molecule has 0 aliphatic heterocycles. The third-order valence-electron chi connectivity index (χ3n) is 3.77. The van der Waals surface area contributed by atoms with Gasteiger partial charge < -0.3 is 16.0 Å². The molecule has 128 valence electrons. The molecule has 1 unspecified atom stereocenters. The number of nitrogens with two attached hydrogens (primary N) is 1. The van der Waals surface area contributed by atoms with Gasteiger partial charge in [-0.3, -0.25) is 9.59 Å². The first-order valence-electron chi connectivity index (χ1n) is 7.80. The minimum absolute atomic E-state index is 0.0486. The maximum Gasteiger partial charge on any atom is 0.241 e. The number of benzene rings is 1. The average Bonchev–Trinajstić information content (AvgIpc) is 2.49. The van der Waals surface area contributed by atoms with Gasteiger partial charge >= 0.3 is 0 Å². The van der Waals surface area contributed by atoms with Crippen molar-refractivity contribution in [2.45, 2.75) is 32.7 Å². The molecule has 3 N–H and O–H groups in total. The first-order chi connectivity index (χ1) is 10.8. The molecular weight excluding hydrogens is 297 g/mol. The molecule has 0 saturated heterocycles. The van der Waals surface area contributed by atoms with Crippen LogP contribution in [0.3, 0.4) is 0 Å². The predicted molar refractivity (Wildman–Crippen MR) is 88.2 cm³/mol. The maximum atomic E-state index is 13.0. The molecule has 1 aromatic carbocycles. The van der Waals surface area contributed by atoms with Crippen molar-refractivity contribution in [3.05, 3.63) is 35.6 Å². The molecule has 1 aromatic rings. The van der Waals surface area contributed by atoms with Crippen LogP contribution in [0.4, 0.5) is 4.39 Å². The lowest BCUT2D eigenvalue weighted by Gasteiger charge is -2.21. The molecule has 0 spiro atoms. The highest BCUT2D eigenvalue weighted by Gasteiger charge is 2.14. The van der Waals surface area contributed by atoms with E-state index < -0.39 is 0 Å². The van der Waals surface area contributed by atoms with Crippen LogP contribution in [0.2, 0.25) is 0 Å². The molecule has 1 rings (SSSR count). The number of carbonyl (C=O) groups is 2. The number of rotatable bonds is 8. The molecule has 0 heterocycles. The molecule has 6 heteroatoms. The number of nitrogens with one attached hydrogen (secondary N) is 1. The Kier molecular flexibility index (Phi) is 7.68. The summed E-state index contributed by atoms with van der Waals surface area (Å²) >= 11 is 0. The number of nitrogens with zero attached hydrogens (tertiary/aromatic N) is 1. The van der Waals surface area contributed by atoms with Crippen molar-refractivity contribution in [1.29, 1.82) is 0 Å². The fraction of sp³-hybridized carbons (Fsp3) is 0.529. The molecule has 2 amide bonds. The van der Waals surface area contributed by atoms with Gasteiger partial charge in [0.2, 0.25) is 11.8 Å². The van der Waals surface area contributed by atoms with Crippen molar-refractivity contribution in [3.8, 4) is 0 Å². The lowest BCUT2D eigenvalue weighted by atomic mass is 10.0. The first-order valence-corrected chi connectivity index (χ1v) is 7.80. The van der Waals surface area contributed by atoms with E-state index in [4.69, 9.17) is 5.73 Å². The molecule has 0 aliphatic rings. The number of amides is 2. The number of hydrogen-bond acceptors (Lipinski definition) is 3. The van der Waals surface area contributed by atoms with Crippen LogP contribution in [0.25, 0.3) is 0 Å². The number of halogens is 1. The van der Waals surface area contributed by atoms with Gasteiger partial charge in [-0.1, -0.05) is 26.0 Å². The van der Waals surface area contributed by atoms with Crippen molar-refractivity contribution in [3.63, 3.8) is 0 Å². The van der Waals surface area contributed by atoms with Crippen LogP contribution in [0.5, 0.6) is 0 Å².